The first-order valence-corrected chi connectivity index (χ1v) is 8.41. The molecule has 2 aromatic carbocycles. The maximum Gasteiger partial charge on any atom is 0.349 e. The molecule has 0 heterocycles. The number of nitrogens with zero attached hydrogens (tertiary/aromatic N) is 2. The highest BCUT2D eigenvalue weighted by Crippen LogP contribution is 2.18. The van der Waals surface area contributed by atoms with Gasteiger partial charge in [0.05, 0.1) is 18.5 Å². The Labute approximate surface area is 170 Å². The van der Waals surface area contributed by atoms with Crippen LogP contribution in [-0.4, -0.2) is 30.6 Å². The van der Waals surface area contributed by atoms with E-state index in [-0.39, 0.29) is 30.1 Å². The molecule has 10 heteroatoms. The van der Waals surface area contributed by atoms with E-state index < -0.39 is 24.5 Å². The zero-order chi connectivity index (χ0) is 21.8. The molecule has 0 saturated heterocycles. The average molecular weight is 410 g/mol. The second kappa shape index (κ2) is 11.4. The Balaban J connectivity index is 1.68. The fraction of sp³-hybridized carbons (Fsp3) is 0.150. The van der Waals surface area contributed by atoms with E-state index in [0.717, 1.165) is 0 Å². The molecule has 0 aliphatic heterocycles. The summed E-state index contributed by atoms with van der Waals surface area (Å²) in [5, 5.41) is 8.39. The van der Waals surface area contributed by atoms with Crippen LogP contribution < -0.4 is 14.2 Å². The Morgan fingerprint density at radius 2 is 1.33 bits per heavy atom. The first-order valence-electron chi connectivity index (χ1n) is 8.41. The van der Waals surface area contributed by atoms with Crippen LogP contribution in [0.25, 0.3) is 0 Å². The van der Waals surface area contributed by atoms with Gasteiger partial charge < -0.3 is 18.9 Å². The number of hydrogen-bond acceptors (Lipinski definition) is 10. The second-order valence-corrected chi connectivity index (χ2v) is 5.47. The number of carbonyl (C=O) groups is 3. The summed E-state index contributed by atoms with van der Waals surface area (Å²) >= 11 is 0. The standard InChI is InChI=1S/C20H14N2O8/c21-12-28-15-5-7-17(8-6-15)29-19(25)10-9-18(24)27-11-20(26)30-16-3-1-14(2-4-16)22-13-23/h1-8H,9-11H2. The maximum absolute atomic E-state index is 11.7. The van der Waals surface area contributed by atoms with Gasteiger partial charge >= 0.3 is 17.9 Å². The predicted octanol–water partition coefficient (Wildman–Crippen LogP) is 2.35. The molecule has 0 aliphatic carbocycles. The summed E-state index contributed by atoms with van der Waals surface area (Å²) in [7, 11) is 0. The molecule has 0 bridgehead atoms. The molecule has 0 aliphatic rings. The lowest BCUT2D eigenvalue weighted by atomic mass is 10.3. The SMILES string of the molecule is N#COc1ccc(OC(=O)CCC(=O)OCC(=O)Oc2ccc(N=C=O)cc2)cc1. The van der Waals surface area contributed by atoms with E-state index in [9.17, 15) is 19.2 Å². The molecular formula is C20H14N2O8. The fourth-order valence-electron chi connectivity index (χ4n) is 2.03. The van der Waals surface area contributed by atoms with Crippen molar-refractivity contribution >= 4 is 29.7 Å². The summed E-state index contributed by atoms with van der Waals surface area (Å²) in [6, 6.07) is 11.4. The Morgan fingerprint density at radius 3 is 1.93 bits per heavy atom. The van der Waals surface area contributed by atoms with Crippen molar-refractivity contribution in [1.82, 2.24) is 0 Å². The number of isocyanates is 1. The van der Waals surface area contributed by atoms with Gasteiger partial charge in [0, 0.05) is 0 Å². The molecule has 0 aromatic heterocycles. The third-order valence-electron chi connectivity index (χ3n) is 3.35. The van der Waals surface area contributed by atoms with Crippen LogP contribution in [-0.2, 0) is 23.9 Å². The quantitative estimate of drug-likeness (QED) is 0.200. The predicted molar refractivity (Wildman–Crippen MR) is 98.4 cm³/mol. The molecule has 0 amide bonds. The van der Waals surface area contributed by atoms with Crippen LogP contribution in [0.2, 0.25) is 0 Å². The second-order valence-electron chi connectivity index (χ2n) is 5.47. The monoisotopic (exact) mass is 410 g/mol. The number of esters is 3. The van der Waals surface area contributed by atoms with Crippen LogP contribution in [0.3, 0.4) is 0 Å². The molecule has 0 spiro atoms. The number of rotatable bonds is 9. The smallest absolute Gasteiger partial charge is 0.349 e. The van der Waals surface area contributed by atoms with Crippen molar-refractivity contribution in [2.24, 2.45) is 4.99 Å². The third-order valence-corrected chi connectivity index (χ3v) is 3.35. The van der Waals surface area contributed by atoms with Crippen molar-refractivity contribution in [2.75, 3.05) is 6.61 Å². The Morgan fingerprint density at radius 1 is 0.800 bits per heavy atom. The van der Waals surface area contributed by atoms with E-state index in [1.807, 2.05) is 0 Å². The van der Waals surface area contributed by atoms with Crippen molar-refractivity contribution in [3.8, 4) is 23.5 Å². The van der Waals surface area contributed by atoms with Gasteiger partial charge in [0.1, 0.15) is 17.2 Å². The van der Waals surface area contributed by atoms with Gasteiger partial charge in [-0.05, 0) is 48.5 Å². The van der Waals surface area contributed by atoms with Crippen molar-refractivity contribution < 1.29 is 38.1 Å². The highest BCUT2D eigenvalue weighted by molar-refractivity contribution is 5.81. The molecular weight excluding hydrogens is 396 g/mol. The molecule has 0 fully saturated rings. The molecule has 0 saturated carbocycles. The molecule has 152 valence electrons. The van der Waals surface area contributed by atoms with E-state index in [1.54, 1.807) is 0 Å². The number of carbonyl (C=O) groups excluding carboxylic acids is 4. The van der Waals surface area contributed by atoms with E-state index in [4.69, 9.17) is 19.5 Å². The van der Waals surface area contributed by atoms with Crippen LogP contribution >= 0.6 is 0 Å². The number of benzene rings is 2. The molecule has 30 heavy (non-hydrogen) atoms. The third kappa shape index (κ3) is 7.64. The Hall–Kier alpha value is -4.48. The van der Waals surface area contributed by atoms with Crippen LogP contribution in [0.15, 0.2) is 53.5 Å². The highest BCUT2D eigenvalue weighted by atomic mass is 16.6. The summed E-state index contributed by atoms with van der Waals surface area (Å²) in [4.78, 5) is 48.6. The molecule has 0 N–H and O–H groups in total. The molecule has 0 atom stereocenters. The van der Waals surface area contributed by atoms with Gasteiger partial charge in [-0.25, -0.2) is 9.59 Å². The number of aliphatic imine (C=N–C) groups is 1. The lowest BCUT2D eigenvalue weighted by Crippen LogP contribution is -2.19. The lowest BCUT2D eigenvalue weighted by molar-refractivity contribution is -0.154. The first-order chi connectivity index (χ1) is 14.5. The minimum atomic E-state index is -0.822. The van der Waals surface area contributed by atoms with Gasteiger partial charge in [0.15, 0.2) is 6.61 Å². The van der Waals surface area contributed by atoms with Gasteiger partial charge in [-0.15, -0.1) is 5.26 Å². The summed E-state index contributed by atoms with van der Waals surface area (Å²) < 4.78 is 19.3. The van der Waals surface area contributed by atoms with Gasteiger partial charge in [-0.1, -0.05) is 0 Å². The number of hydrogen-bond donors (Lipinski definition) is 0. The summed E-state index contributed by atoms with van der Waals surface area (Å²) in [6.07, 6.45) is 2.33. The normalized spacial score (nSPS) is 9.43. The summed E-state index contributed by atoms with van der Waals surface area (Å²) in [6.45, 7) is -0.636. The molecule has 2 aromatic rings. The van der Waals surface area contributed by atoms with Crippen molar-refractivity contribution in [3.63, 3.8) is 0 Å². The zero-order valence-electron chi connectivity index (χ0n) is 15.4. The van der Waals surface area contributed by atoms with E-state index in [0.29, 0.717) is 5.69 Å². The van der Waals surface area contributed by atoms with Crippen molar-refractivity contribution in [3.05, 3.63) is 48.5 Å². The summed E-state index contributed by atoms with van der Waals surface area (Å²) in [5.74, 6) is -1.60. The van der Waals surface area contributed by atoms with Gasteiger partial charge in [-0.2, -0.15) is 4.99 Å². The first kappa shape index (κ1) is 21.8. The zero-order valence-corrected chi connectivity index (χ0v) is 15.4. The van der Waals surface area contributed by atoms with E-state index >= 15 is 0 Å². The topological polar surface area (TPSA) is 141 Å². The highest BCUT2D eigenvalue weighted by Gasteiger charge is 2.13. The van der Waals surface area contributed by atoms with Crippen LogP contribution in [0.1, 0.15) is 12.8 Å². The number of ether oxygens (including phenoxy) is 4. The minimum Gasteiger partial charge on any atom is -0.454 e. The van der Waals surface area contributed by atoms with Gasteiger partial charge in [0.2, 0.25) is 6.08 Å². The Bertz CT molecular complexity index is 987. The molecule has 0 unspecified atom stereocenters. The van der Waals surface area contributed by atoms with Crippen molar-refractivity contribution in [2.45, 2.75) is 12.8 Å². The number of nitriles is 1. The minimum absolute atomic E-state index is 0.177. The van der Waals surface area contributed by atoms with Gasteiger partial charge in [0.25, 0.3) is 6.26 Å². The average Bonchev–Trinajstić information content (AvgIpc) is 2.74. The van der Waals surface area contributed by atoms with E-state index in [1.165, 1.54) is 60.9 Å². The molecule has 0 radical (unpaired) electrons. The summed E-state index contributed by atoms with van der Waals surface area (Å²) in [5.41, 5.74) is 0.342. The molecule has 2 rings (SSSR count). The Kier molecular flexibility index (Phi) is 8.28. The van der Waals surface area contributed by atoms with Crippen molar-refractivity contribution in [1.29, 1.82) is 5.26 Å². The molecule has 10 nitrogen and oxygen atoms in total. The van der Waals surface area contributed by atoms with Crippen LogP contribution in [0, 0.1) is 11.5 Å². The van der Waals surface area contributed by atoms with Crippen LogP contribution in [0.4, 0.5) is 5.69 Å². The van der Waals surface area contributed by atoms with Crippen LogP contribution in [0.5, 0.6) is 17.2 Å². The fourth-order valence-corrected chi connectivity index (χ4v) is 2.03. The maximum atomic E-state index is 11.7. The van der Waals surface area contributed by atoms with Gasteiger partial charge in [-0.3, -0.25) is 9.59 Å². The largest absolute Gasteiger partial charge is 0.454 e. The lowest BCUT2D eigenvalue weighted by Gasteiger charge is -2.06. The van der Waals surface area contributed by atoms with E-state index in [2.05, 4.69) is 9.73 Å².